The monoisotopic (exact) mass is 667 g/mol. The van der Waals surface area contributed by atoms with Crippen molar-refractivity contribution in [2.24, 2.45) is 0 Å². The van der Waals surface area contributed by atoms with E-state index in [1.54, 1.807) is 0 Å². The summed E-state index contributed by atoms with van der Waals surface area (Å²) in [6.45, 7) is 5.94. The molecular formula is C40H74O7. The van der Waals surface area contributed by atoms with Crippen LogP contribution in [0.3, 0.4) is 0 Å². The maximum atomic E-state index is 12.5. The molecule has 0 radical (unpaired) electrons. The number of aliphatic hydroxyl groups is 3. The summed E-state index contributed by atoms with van der Waals surface area (Å²) in [5.74, 6) is -7.53. The predicted octanol–water partition coefficient (Wildman–Crippen LogP) is 10.9. The van der Waals surface area contributed by atoms with Crippen molar-refractivity contribution >= 4 is 11.9 Å². The molecule has 7 nitrogen and oxygen atoms in total. The molecule has 0 fully saturated rings. The highest BCUT2D eigenvalue weighted by Crippen LogP contribution is 2.30. The fourth-order valence-corrected chi connectivity index (χ4v) is 5.69. The summed E-state index contributed by atoms with van der Waals surface area (Å²) >= 11 is 0. The second-order valence-electron chi connectivity index (χ2n) is 13.4. The second-order valence-corrected chi connectivity index (χ2v) is 13.4. The molecule has 0 aromatic rings. The molecule has 0 aliphatic rings. The lowest BCUT2D eigenvalue weighted by Gasteiger charge is -2.37. The first kappa shape index (κ1) is 45.3. The van der Waals surface area contributed by atoms with Gasteiger partial charge in [0.15, 0.2) is 0 Å². The lowest BCUT2D eigenvalue weighted by atomic mass is 10.1. The number of ether oxygens (including phenoxy) is 2. The predicted molar refractivity (Wildman–Crippen MR) is 193 cm³/mol. The summed E-state index contributed by atoms with van der Waals surface area (Å²) in [6.07, 6.45) is 38.5. The topological polar surface area (TPSA) is 113 Å². The summed E-state index contributed by atoms with van der Waals surface area (Å²) in [5, 5.41) is 29.9. The van der Waals surface area contributed by atoms with E-state index in [2.05, 4.69) is 38.2 Å². The zero-order chi connectivity index (χ0) is 34.9. The Morgan fingerprint density at radius 1 is 0.447 bits per heavy atom. The van der Waals surface area contributed by atoms with Gasteiger partial charge in [0.05, 0.1) is 0 Å². The standard InChI is InChI=1S/C40H74O7/c1-4-7-9-11-13-15-17-19-21-23-25-27-29-31-33-35-37(41)46-39(6-3,40(43,44)45)47-38(42)36-34-32-30-28-26-24-22-20-18-16-14-12-10-8-5-2/h19-22,43-45H,4-18,23-36H2,1-3H3/b21-19-,22-20-. The van der Waals surface area contributed by atoms with Crippen LogP contribution in [0.1, 0.15) is 207 Å². The summed E-state index contributed by atoms with van der Waals surface area (Å²) < 4.78 is 10.4. The van der Waals surface area contributed by atoms with Gasteiger partial charge in [0.2, 0.25) is 0 Å². The average Bonchev–Trinajstić information content (AvgIpc) is 3.03. The van der Waals surface area contributed by atoms with Crippen LogP contribution in [-0.2, 0) is 19.1 Å². The van der Waals surface area contributed by atoms with E-state index in [1.165, 1.54) is 84.0 Å². The molecule has 0 heterocycles. The third kappa shape index (κ3) is 26.9. The number of unbranched alkanes of at least 4 members (excludes halogenated alkanes) is 22. The summed E-state index contributed by atoms with van der Waals surface area (Å²) in [5.41, 5.74) is 0. The van der Waals surface area contributed by atoms with Gasteiger partial charge in [-0.1, -0.05) is 148 Å². The molecule has 0 rings (SSSR count). The highest BCUT2D eigenvalue weighted by atomic mass is 16.8. The van der Waals surface area contributed by atoms with Gasteiger partial charge in [-0.05, 0) is 64.2 Å². The van der Waals surface area contributed by atoms with Crippen LogP contribution >= 0.6 is 0 Å². The molecule has 0 aliphatic carbocycles. The Hall–Kier alpha value is -1.70. The first-order valence-corrected chi connectivity index (χ1v) is 19.6. The molecule has 0 atom stereocenters. The summed E-state index contributed by atoms with van der Waals surface area (Å²) in [7, 11) is 0. The molecule has 0 spiro atoms. The SMILES string of the molecule is CCCCCCCC/C=C\CCCCCCCC(=O)OC(CC)(OC(=O)CCCCCCC/C=C\CCCCCCCC)C(O)(O)O. The Labute approximate surface area is 289 Å². The zero-order valence-corrected chi connectivity index (χ0v) is 30.8. The molecule has 0 amide bonds. The van der Waals surface area contributed by atoms with Crippen molar-refractivity contribution in [2.75, 3.05) is 0 Å². The second kappa shape index (κ2) is 31.6. The van der Waals surface area contributed by atoms with E-state index in [4.69, 9.17) is 9.47 Å². The third-order valence-corrected chi connectivity index (χ3v) is 8.82. The first-order valence-electron chi connectivity index (χ1n) is 19.6. The third-order valence-electron chi connectivity index (χ3n) is 8.82. The highest BCUT2D eigenvalue weighted by molar-refractivity contribution is 5.72. The van der Waals surface area contributed by atoms with Crippen LogP contribution in [0.2, 0.25) is 0 Å². The maximum absolute atomic E-state index is 12.5. The number of hydrogen-bond acceptors (Lipinski definition) is 7. The van der Waals surface area contributed by atoms with Crippen LogP contribution in [-0.4, -0.2) is 39.0 Å². The zero-order valence-electron chi connectivity index (χ0n) is 30.8. The van der Waals surface area contributed by atoms with E-state index in [0.29, 0.717) is 12.8 Å². The lowest BCUT2D eigenvalue weighted by Crippen LogP contribution is -2.59. The lowest BCUT2D eigenvalue weighted by molar-refractivity contribution is -0.445. The van der Waals surface area contributed by atoms with Crippen LogP contribution in [0.5, 0.6) is 0 Å². The van der Waals surface area contributed by atoms with Gasteiger partial charge in [-0.15, -0.1) is 0 Å². The molecule has 7 heteroatoms. The van der Waals surface area contributed by atoms with Crippen molar-refractivity contribution in [3.05, 3.63) is 24.3 Å². The highest BCUT2D eigenvalue weighted by Gasteiger charge is 2.55. The summed E-state index contributed by atoms with van der Waals surface area (Å²) in [6, 6.07) is 0. The molecule has 0 aromatic heterocycles. The van der Waals surface area contributed by atoms with Crippen LogP contribution in [0.25, 0.3) is 0 Å². The number of allylic oxidation sites excluding steroid dienone is 4. The molecule has 0 aliphatic heterocycles. The van der Waals surface area contributed by atoms with E-state index in [1.807, 2.05) is 0 Å². The van der Waals surface area contributed by atoms with E-state index in [0.717, 1.165) is 77.0 Å². The molecule has 47 heavy (non-hydrogen) atoms. The molecule has 0 saturated heterocycles. The number of rotatable bonds is 34. The fraction of sp³-hybridized carbons (Fsp3) is 0.850. The number of esters is 2. The van der Waals surface area contributed by atoms with Crippen LogP contribution in [0, 0.1) is 0 Å². The normalized spacial score (nSPS) is 12.4. The van der Waals surface area contributed by atoms with Crippen molar-refractivity contribution in [1.82, 2.24) is 0 Å². The smallest absolute Gasteiger partial charge is 0.357 e. The molecule has 0 unspecified atom stereocenters. The van der Waals surface area contributed by atoms with Crippen molar-refractivity contribution in [3.8, 4) is 0 Å². The maximum Gasteiger partial charge on any atom is 0.357 e. The number of carbonyl (C=O) groups is 2. The Kier molecular flexibility index (Phi) is 30.4. The van der Waals surface area contributed by atoms with Crippen molar-refractivity contribution in [1.29, 1.82) is 0 Å². The fourth-order valence-electron chi connectivity index (χ4n) is 5.69. The number of carbonyl (C=O) groups excluding carboxylic acids is 2. The minimum atomic E-state index is -3.50. The van der Waals surface area contributed by atoms with Gasteiger partial charge in [-0.3, -0.25) is 9.59 Å². The van der Waals surface area contributed by atoms with Gasteiger partial charge >= 0.3 is 23.7 Å². The van der Waals surface area contributed by atoms with Gasteiger partial charge in [-0.2, -0.15) is 0 Å². The minimum absolute atomic E-state index is 0.0434. The molecule has 3 N–H and O–H groups in total. The van der Waals surface area contributed by atoms with Gasteiger partial charge in [0.25, 0.3) is 0 Å². The van der Waals surface area contributed by atoms with Gasteiger partial charge in [0.1, 0.15) is 0 Å². The largest absolute Gasteiger partial charge is 0.414 e. The van der Waals surface area contributed by atoms with Gasteiger partial charge in [-0.25, -0.2) is 0 Å². The van der Waals surface area contributed by atoms with Gasteiger partial charge < -0.3 is 24.8 Å². The molecule has 0 aromatic carbocycles. The van der Waals surface area contributed by atoms with Gasteiger partial charge in [0, 0.05) is 19.3 Å². The molecule has 276 valence electrons. The minimum Gasteiger partial charge on any atom is -0.414 e. The van der Waals surface area contributed by atoms with E-state index < -0.39 is 23.7 Å². The van der Waals surface area contributed by atoms with Crippen LogP contribution in [0.4, 0.5) is 0 Å². The van der Waals surface area contributed by atoms with Crippen molar-refractivity contribution < 1.29 is 34.4 Å². The quantitative estimate of drug-likeness (QED) is 0.0271. The average molecular weight is 667 g/mol. The van der Waals surface area contributed by atoms with Crippen molar-refractivity contribution in [2.45, 2.75) is 219 Å². The Balaban J connectivity index is 4.11. The summed E-state index contributed by atoms with van der Waals surface area (Å²) in [4.78, 5) is 25.1. The Bertz CT molecular complexity index is 730. The Morgan fingerprint density at radius 2 is 0.723 bits per heavy atom. The number of hydrogen-bond donors (Lipinski definition) is 3. The van der Waals surface area contributed by atoms with E-state index in [9.17, 15) is 24.9 Å². The van der Waals surface area contributed by atoms with Crippen LogP contribution < -0.4 is 0 Å². The molecular weight excluding hydrogens is 592 g/mol. The molecule has 0 saturated carbocycles. The van der Waals surface area contributed by atoms with Crippen LogP contribution in [0.15, 0.2) is 24.3 Å². The van der Waals surface area contributed by atoms with E-state index >= 15 is 0 Å². The Morgan fingerprint density at radius 3 is 1.00 bits per heavy atom. The van der Waals surface area contributed by atoms with E-state index in [-0.39, 0.29) is 19.3 Å². The van der Waals surface area contributed by atoms with Crippen molar-refractivity contribution in [3.63, 3.8) is 0 Å². The molecule has 0 bridgehead atoms. The first-order chi connectivity index (χ1) is 22.7.